The van der Waals surface area contributed by atoms with Crippen LogP contribution in [0.1, 0.15) is 24.5 Å². The second-order valence-corrected chi connectivity index (χ2v) is 7.46. The zero-order valence-corrected chi connectivity index (χ0v) is 17.6. The van der Waals surface area contributed by atoms with Crippen LogP contribution in [0, 0.1) is 13.8 Å². The highest BCUT2D eigenvalue weighted by Crippen LogP contribution is 2.33. The van der Waals surface area contributed by atoms with Crippen molar-refractivity contribution >= 4 is 29.1 Å². The van der Waals surface area contributed by atoms with Gasteiger partial charge in [-0.3, -0.25) is 9.59 Å². The molecule has 2 aromatic carbocycles. The quantitative estimate of drug-likeness (QED) is 0.780. The number of aryl methyl sites for hydroxylation is 2. The van der Waals surface area contributed by atoms with Crippen molar-refractivity contribution in [2.24, 2.45) is 0 Å². The Labute approximate surface area is 175 Å². The summed E-state index contributed by atoms with van der Waals surface area (Å²) in [6.45, 7) is 6.29. The SMILES string of the molecule is CCCNC(=O)[C@@H]1CN(C(=O)COc2c(C)cc(Cl)cc2C)c2ccccc2O1. The molecule has 0 radical (unpaired) electrons. The fourth-order valence-electron chi connectivity index (χ4n) is 3.31. The van der Waals surface area contributed by atoms with Gasteiger partial charge in [0.25, 0.3) is 11.8 Å². The molecule has 7 heteroatoms. The largest absolute Gasteiger partial charge is 0.483 e. The van der Waals surface area contributed by atoms with Gasteiger partial charge in [0, 0.05) is 11.6 Å². The summed E-state index contributed by atoms with van der Waals surface area (Å²) in [5, 5.41) is 3.45. The third-order valence-electron chi connectivity index (χ3n) is 4.68. The lowest BCUT2D eigenvalue weighted by Crippen LogP contribution is -2.51. The second kappa shape index (κ2) is 9.18. The number of rotatable bonds is 6. The maximum absolute atomic E-state index is 13.0. The Morgan fingerprint density at radius 3 is 2.62 bits per heavy atom. The first-order chi connectivity index (χ1) is 13.9. The first kappa shape index (κ1) is 21.0. The number of ether oxygens (including phenoxy) is 2. The van der Waals surface area contributed by atoms with E-state index in [1.807, 2.05) is 32.9 Å². The minimum atomic E-state index is -0.764. The molecule has 3 rings (SSSR count). The molecule has 29 heavy (non-hydrogen) atoms. The van der Waals surface area contributed by atoms with Crippen LogP contribution in [-0.4, -0.2) is 37.6 Å². The van der Waals surface area contributed by atoms with E-state index in [0.717, 1.165) is 17.5 Å². The van der Waals surface area contributed by atoms with Crippen LogP contribution in [0.15, 0.2) is 36.4 Å². The number of halogens is 1. The molecule has 0 spiro atoms. The maximum Gasteiger partial charge on any atom is 0.265 e. The molecule has 0 aliphatic carbocycles. The van der Waals surface area contributed by atoms with Crippen molar-refractivity contribution < 1.29 is 19.1 Å². The van der Waals surface area contributed by atoms with E-state index in [1.165, 1.54) is 0 Å². The van der Waals surface area contributed by atoms with Gasteiger partial charge in [0.05, 0.1) is 12.2 Å². The van der Waals surface area contributed by atoms with Gasteiger partial charge in [0.15, 0.2) is 12.7 Å². The Kier molecular flexibility index (Phi) is 6.64. The fraction of sp³-hybridized carbons (Fsp3) is 0.364. The third-order valence-corrected chi connectivity index (χ3v) is 4.90. The molecular weight excluding hydrogens is 392 g/mol. The number of hydrogen-bond donors (Lipinski definition) is 1. The zero-order valence-electron chi connectivity index (χ0n) is 16.8. The van der Waals surface area contributed by atoms with Gasteiger partial charge < -0.3 is 19.7 Å². The van der Waals surface area contributed by atoms with Crippen molar-refractivity contribution in [1.82, 2.24) is 5.32 Å². The number of benzene rings is 2. The molecule has 2 aromatic rings. The van der Waals surface area contributed by atoms with Gasteiger partial charge in [0.2, 0.25) is 0 Å². The Bertz CT molecular complexity index is 892. The van der Waals surface area contributed by atoms with E-state index in [-0.39, 0.29) is 25.0 Å². The van der Waals surface area contributed by atoms with Gasteiger partial charge in [-0.05, 0) is 55.7 Å². The van der Waals surface area contributed by atoms with Crippen molar-refractivity contribution in [3.63, 3.8) is 0 Å². The number of nitrogens with one attached hydrogen (secondary N) is 1. The van der Waals surface area contributed by atoms with E-state index in [9.17, 15) is 9.59 Å². The Morgan fingerprint density at radius 1 is 1.24 bits per heavy atom. The highest BCUT2D eigenvalue weighted by atomic mass is 35.5. The van der Waals surface area contributed by atoms with Gasteiger partial charge >= 0.3 is 0 Å². The van der Waals surface area contributed by atoms with E-state index in [4.69, 9.17) is 21.1 Å². The number of fused-ring (bicyclic) bond motifs is 1. The Morgan fingerprint density at radius 2 is 1.93 bits per heavy atom. The Hall–Kier alpha value is -2.73. The molecular formula is C22H25ClN2O4. The van der Waals surface area contributed by atoms with Crippen molar-refractivity contribution in [2.75, 3.05) is 24.6 Å². The summed E-state index contributed by atoms with van der Waals surface area (Å²) in [7, 11) is 0. The van der Waals surface area contributed by atoms with Gasteiger partial charge in [-0.1, -0.05) is 30.7 Å². The predicted octanol–water partition coefficient (Wildman–Crippen LogP) is 3.66. The van der Waals surface area contributed by atoms with Crippen molar-refractivity contribution in [2.45, 2.75) is 33.3 Å². The summed E-state index contributed by atoms with van der Waals surface area (Å²) in [5.41, 5.74) is 2.36. The first-order valence-electron chi connectivity index (χ1n) is 9.64. The number of anilines is 1. The topological polar surface area (TPSA) is 67.9 Å². The smallest absolute Gasteiger partial charge is 0.265 e. The van der Waals surface area contributed by atoms with Crippen LogP contribution < -0.4 is 19.7 Å². The number of hydrogen-bond acceptors (Lipinski definition) is 4. The molecule has 1 aliphatic rings. The average Bonchev–Trinajstić information content (AvgIpc) is 2.70. The highest BCUT2D eigenvalue weighted by molar-refractivity contribution is 6.30. The minimum Gasteiger partial charge on any atom is -0.483 e. The molecule has 0 saturated carbocycles. The lowest BCUT2D eigenvalue weighted by atomic mass is 10.1. The van der Waals surface area contributed by atoms with Crippen LogP contribution in [0.2, 0.25) is 5.02 Å². The molecule has 1 N–H and O–H groups in total. The Balaban J connectivity index is 1.77. The number of para-hydroxylation sites is 2. The molecule has 0 fully saturated rings. The summed E-state index contributed by atoms with van der Waals surface area (Å²) < 4.78 is 11.6. The van der Waals surface area contributed by atoms with Crippen LogP contribution in [0.25, 0.3) is 0 Å². The van der Waals surface area contributed by atoms with Crippen molar-refractivity contribution in [3.8, 4) is 11.5 Å². The van der Waals surface area contributed by atoms with E-state index >= 15 is 0 Å². The number of amides is 2. The highest BCUT2D eigenvalue weighted by Gasteiger charge is 2.33. The predicted molar refractivity (Wildman–Crippen MR) is 113 cm³/mol. The number of carbonyl (C=O) groups is 2. The summed E-state index contributed by atoms with van der Waals surface area (Å²) in [5.74, 6) is 0.663. The lowest BCUT2D eigenvalue weighted by Gasteiger charge is -2.34. The summed E-state index contributed by atoms with van der Waals surface area (Å²) in [6.07, 6.45) is 0.0603. The van der Waals surface area contributed by atoms with Gasteiger partial charge in [-0.15, -0.1) is 0 Å². The first-order valence-corrected chi connectivity index (χ1v) is 10.0. The van der Waals surface area contributed by atoms with Crippen LogP contribution in [0.4, 0.5) is 5.69 Å². The molecule has 1 atom stereocenters. The zero-order chi connectivity index (χ0) is 21.0. The van der Waals surface area contributed by atoms with E-state index < -0.39 is 6.10 Å². The monoisotopic (exact) mass is 416 g/mol. The summed E-state index contributed by atoms with van der Waals surface area (Å²) >= 11 is 6.06. The van der Waals surface area contributed by atoms with Crippen molar-refractivity contribution in [1.29, 1.82) is 0 Å². The molecule has 6 nitrogen and oxygen atoms in total. The van der Waals surface area contributed by atoms with Crippen molar-refractivity contribution in [3.05, 3.63) is 52.5 Å². The molecule has 0 bridgehead atoms. The molecule has 154 valence electrons. The fourth-order valence-corrected chi connectivity index (χ4v) is 3.63. The molecule has 0 unspecified atom stereocenters. The molecule has 1 heterocycles. The van der Waals surface area contributed by atoms with Gasteiger partial charge in [0.1, 0.15) is 11.5 Å². The van der Waals surface area contributed by atoms with Crippen LogP contribution in [0.5, 0.6) is 11.5 Å². The van der Waals surface area contributed by atoms with Crippen LogP contribution in [-0.2, 0) is 9.59 Å². The molecule has 0 aromatic heterocycles. The van der Waals surface area contributed by atoms with Crippen LogP contribution in [0.3, 0.4) is 0 Å². The van der Waals surface area contributed by atoms with Crippen LogP contribution >= 0.6 is 11.6 Å². The third kappa shape index (κ3) is 4.82. The molecule has 0 saturated heterocycles. The summed E-state index contributed by atoms with van der Waals surface area (Å²) in [6, 6.07) is 10.8. The maximum atomic E-state index is 13.0. The molecule has 1 aliphatic heterocycles. The average molecular weight is 417 g/mol. The van der Waals surface area contributed by atoms with E-state index in [2.05, 4.69) is 5.32 Å². The standard InChI is InChI=1S/C22H25ClN2O4/c1-4-9-24-22(27)19-12-25(17-7-5-6-8-18(17)29-19)20(26)13-28-21-14(2)10-16(23)11-15(21)3/h5-8,10-11,19H,4,9,12-13H2,1-3H3,(H,24,27)/t19-/m0/s1. The second-order valence-electron chi connectivity index (χ2n) is 7.03. The van der Waals surface area contributed by atoms with E-state index in [0.29, 0.717) is 28.8 Å². The van der Waals surface area contributed by atoms with Gasteiger partial charge in [-0.2, -0.15) is 0 Å². The number of carbonyl (C=O) groups excluding carboxylic acids is 2. The van der Waals surface area contributed by atoms with E-state index in [1.54, 1.807) is 29.2 Å². The lowest BCUT2D eigenvalue weighted by molar-refractivity contribution is -0.128. The van der Waals surface area contributed by atoms with Gasteiger partial charge in [-0.25, -0.2) is 0 Å². The number of nitrogens with zero attached hydrogens (tertiary/aromatic N) is 1. The summed E-state index contributed by atoms with van der Waals surface area (Å²) in [4.78, 5) is 27.0. The minimum absolute atomic E-state index is 0.132. The molecule has 2 amide bonds. The normalized spacial score (nSPS) is 15.3.